The first-order valence-corrected chi connectivity index (χ1v) is 9.21. The highest BCUT2D eigenvalue weighted by Gasteiger charge is 2.12. The van der Waals surface area contributed by atoms with Gasteiger partial charge in [0.15, 0.2) is 5.16 Å². The van der Waals surface area contributed by atoms with E-state index in [9.17, 15) is 4.79 Å². The third kappa shape index (κ3) is 4.59. The number of carbonyl (C=O) groups excluding carboxylic acids is 1. The minimum absolute atomic E-state index is 0.149. The van der Waals surface area contributed by atoms with Crippen LogP contribution in [0.15, 0.2) is 53.9 Å². The summed E-state index contributed by atoms with van der Waals surface area (Å²) in [5.74, 6) is 1.41. The molecule has 0 saturated carbocycles. The van der Waals surface area contributed by atoms with Crippen LogP contribution in [-0.4, -0.2) is 40.6 Å². The Morgan fingerprint density at radius 1 is 1.19 bits per heavy atom. The van der Waals surface area contributed by atoms with Gasteiger partial charge in [0.25, 0.3) is 0 Å². The van der Waals surface area contributed by atoms with E-state index in [1.807, 2.05) is 54.0 Å². The normalized spacial score (nSPS) is 10.5. The summed E-state index contributed by atoms with van der Waals surface area (Å²) in [6.45, 7) is 1.96. The molecule has 0 atom stereocenters. The third-order valence-corrected chi connectivity index (χ3v) is 4.75. The topological polar surface area (TPSA) is 78.3 Å². The predicted molar refractivity (Wildman–Crippen MR) is 105 cm³/mol. The molecule has 0 bridgehead atoms. The molecule has 0 radical (unpaired) electrons. The number of aryl methyl sites for hydroxylation is 1. The molecule has 8 heteroatoms. The summed E-state index contributed by atoms with van der Waals surface area (Å²) in [5, 5.41) is 11.6. The van der Waals surface area contributed by atoms with Crippen molar-refractivity contribution in [2.45, 2.75) is 12.1 Å². The first kappa shape index (κ1) is 18.8. The predicted octanol–water partition coefficient (Wildman–Crippen LogP) is 3.32. The Labute approximate surface area is 161 Å². The van der Waals surface area contributed by atoms with Gasteiger partial charge in [-0.3, -0.25) is 9.36 Å². The molecule has 7 nitrogen and oxygen atoms in total. The number of hydrogen-bond acceptors (Lipinski definition) is 6. The summed E-state index contributed by atoms with van der Waals surface area (Å²) in [7, 11) is 3.19. The maximum Gasteiger partial charge on any atom is 0.234 e. The monoisotopic (exact) mass is 384 g/mol. The zero-order valence-corrected chi connectivity index (χ0v) is 16.1. The number of nitrogens with zero attached hydrogens (tertiary/aromatic N) is 3. The van der Waals surface area contributed by atoms with Crippen LogP contribution in [0.5, 0.6) is 11.5 Å². The molecule has 0 fully saturated rings. The van der Waals surface area contributed by atoms with Gasteiger partial charge in [0.1, 0.15) is 17.8 Å². The number of methoxy groups -OCH3 is 2. The molecule has 2 aromatic carbocycles. The van der Waals surface area contributed by atoms with Crippen LogP contribution in [0, 0.1) is 6.92 Å². The Kier molecular flexibility index (Phi) is 5.97. The van der Waals surface area contributed by atoms with Gasteiger partial charge in [0, 0.05) is 6.07 Å². The van der Waals surface area contributed by atoms with Crippen LogP contribution >= 0.6 is 11.8 Å². The minimum Gasteiger partial charge on any atom is -0.497 e. The van der Waals surface area contributed by atoms with Crippen LogP contribution in [0.2, 0.25) is 0 Å². The van der Waals surface area contributed by atoms with Crippen LogP contribution in [0.1, 0.15) is 5.56 Å². The number of anilines is 1. The SMILES string of the molecule is COc1cccc(-n2cnnc2SCC(=O)Nc2cc(C)ccc2OC)c1. The van der Waals surface area contributed by atoms with E-state index < -0.39 is 0 Å². The van der Waals surface area contributed by atoms with E-state index in [1.165, 1.54) is 11.8 Å². The minimum atomic E-state index is -0.149. The number of carbonyl (C=O) groups is 1. The Bertz CT molecular complexity index is 942. The van der Waals surface area contributed by atoms with Crippen molar-refractivity contribution in [1.82, 2.24) is 14.8 Å². The molecule has 3 aromatic rings. The molecule has 0 saturated heterocycles. The van der Waals surface area contributed by atoms with Crippen LogP contribution in [0.4, 0.5) is 5.69 Å². The van der Waals surface area contributed by atoms with E-state index in [1.54, 1.807) is 20.5 Å². The maximum atomic E-state index is 12.4. The maximum absolute atomic E-state index is 12.4. The number of rotatable bonds is 7. The Morgan fingerprint density at radius 2 is 2.04 bits per heavy atom. The first-order chi connectivity index (χ1) is 13.1. The molecule has 140 valence electrons. The van der Waals surface area contributed by atoms with E-state index in [0.29, 0.717) is 16.6 Å². The van der Waals surface area contributed by atoms with Crippen molar-refractivity contribution < 1.29 is 14.3 Å². The van der Waals surface area contributed by atoms with Gasteiger partial charge in [-0.2, -0.15) is 0 Å². The molecular weight excluding hydrogens is 364 g/mol. The Morgan fingerprint density at radius 3 is 2.81 bits per heavy atom. The lowest BCUT2D eigenvalue weighted by Gasteiger charge is -2.11. The average molecular weight is 384 g/mol. The summed E-state index contributed by atoms with van der Waals surface area (Å²) < 4.78 is 12.4. The molecular formula is C19H20N4O3S. The second kappa shape index (κ2) is 8.59. The fraction of sp³-hybridized carbons (Fsp3) is 0.211. The zero-order chi connectivity index (χ0) is 19.2. The standard InChI is InChI=1S/C19H20N4O3S/c1-13-7-8-17(26-3)16(9-13)21-18(24)11-27-19-22-20-12-23(19)14-5-4-6-15(10-14)25-2/h4-10,12H,11H2,1-3H3,(H,21,24). The van der Waals surface area contributed by atoms with Crippen molar-refractivity contribution in [3.63, 3.8) is 0 Å². The number of amides is 1. The molecule has 0 spiro atoms. The number of ether oxygens (including phenoxy) is 2. The van der Waals surface area contributed by atoms with Crippen molar-refractivity contribution in [3.8, 4) is 17.2 Å². The van der Waals surface area contributed by atoms with Crippen molar-refractivity contribution in [3.05, 3.63) is 54.4 Å². The molecule has 0 unspecified atom stereocenters. The number of aromatic nitrogens is 3. The van der Waals surface area contributed by atoms with E-state index in [-0.39, 0.29) is 11.7 Å². The molecule has 27 heavy (non-hydrogen) atoms. The molecule has 1 N–H and O–H groups in total. The molecule has 1 aromatic heterocycles. The first-order valence-electron chi connectivity index (χ1n) is 8.22. The van der Waals surface area contributed by atoms with Crippen LogP contribution < -0.4 is 14.8 Å². The van der Waals surface area contributed by atoms with Gasteiger partial charge in [0.05, 0.1) is 31.3 Å². The van der Waals surface area contributed by atoms with Crippen LogP contribution in [-0.2, 0) is 4.79 Å². The number of thioether (sulfide) groups is 1. The second-order valence-corrected chi connectivity index (χ2v) is 6.67. The summed E-state index contributed by atoms with van der Waals surface area (Å²) in [6, 6.07) is 13.2. The Hall–Kier alpha value is -3.00. The summed E-state index contributed by atoms with van der Waals surface area (Å²) in [6.07, 6.45) is 1.61. The smallest absolute Gasteiger partial charge is 0.234 e. The molecule has 1 heterocycles. The van der Waals surface area contributed by atoms with E-state index in [4.69, 9.17) is 9.47 Å². The van der Waals surface area contributed by atoms with Gasteiger partial charge in [0.2, 0.25) is 5.91 Å². The van der Waals surface area contributed by atoms with Gasteiger partial charge in [-0.15, -0.1) is 10.2 Å². The highest BCUT2D eigenvalue weighted by molar-refractivity contribution is 7.99. The van der Waals surface area contributed by atoms with E-state index in [2.05, 4.69) is 15.5 Å². The molecule has 0 aliphatic rings. The van der Waals surface area contributed by atoms with Crippen LogP contribution in [0.25, 0.3) is 5.69 Å². The molecule has 0 aliphatic carbocycles. The zero-order valence-electron chi connectivity index (χ0n) is 15.3. The van der Waals surface area contributed by atoms with Crippen molar-refractivity contribution in [1.29, 1.82) is 0 Å². The average Bonchev–Trinajstić information content (AvgIpc) is 3.15. The summed E-state index contributed by atoms with van der Waals surface area (Å²) >= 11 is 1.30. The molecule has 0 aliphatic heterocycles. The highest BCUT2D eigenvalue weighted by Crippen LogP contribution is 2.26. The number of benzene rings is 2. The fourth-order valence-corrected chi connectivity index (χ4v) is 3.23. The highest BCUT2D eigenvalue weighted by atomic mass is 32.2. The van der Waals surface area contributed by atoms with E-state index >= 15 is 0 Å². The second-order valence-electron chi connectivity index (χ2n) is 5.73. The van der Waals surface area contributed by atoms with Gasteiger partial charge >= 0.3 is 0 Å². The summed E-state index contributed by atoms with van der Waals surface area (Å²) in [5.41, 5.74) is 2.55. The lowest BCUT2D eigenvalue weighted by atomic mass is 10.2. The molecule has 1 amide bonds. The number of nitrogens with one attached hydrogen (secondary N) is 1. The van der Waals surface area contributed by atoms with Crippen molar-refractivity contribution in [2.75, 3.05) is 25.3 Å². The van der Waals surface area contributed by atoms with Gasteiger partial charge in [-0.25, -0.2) is 0 Å². The van der Waals surface area contributed by atoms with Crippen molar-refractivity contribution >= 4 is 23.4 Å². The van der Waals surface area contributed by atoms with Gasteiger partial charge in [-0.1, -0.05) is 23.9 Å². The third-order valence-electron chi connectivity index (χ3n) is 3.81. The lowest BCUT2D eigenvalue weighted by molar-refractivity contribution is -0.113. The fourth-order valence-electron chi connectivity index (χ4n) is 2.50. The van der Waals surface area contributed by atoms with E-state index in [0.717, 1.165) is 17.0 Å². The Balaban J connectivity index is 1.68. The largest absolute Gasteiger partial charge is 0.497 e. The van der Waals surface area contributed by atoms with Gasteiger partial charge < -0.3 is 14.8 Å². The number of hydrogen-bond donors (Lipinski definition) is 1. The van der Waals surface area contributed by atoms with Gasteiger partial charge in [-0.05, 0) is 36.8 Å². The molecule has 3 rings (SSSR count). The van der Waals surface area contributed by atoms with Crippen LogP contribution in [0.3, 0.4) is 0 Å². The summed E-state index contributed by atoms with van der Waals surface area (Å²) in [4.78, 5) is 12.4. The lowest BCUT2D eigenvalue weighted by Crippen LogP contribution is -2.15. The quantitative estimate of drug-likeness (QED) is 0.630. The van der Waals surface area contributed by atoms with Crippen molar-refractivity contribution in [2.24, 2.45) is 0 Å².